The lowest BCUT2D eigenvalue weighted by atomic mass is 10.2. The Labute approximate surface area is 176 Å². The Morgan fingerprint density at radius 1 is 1.03 bits per heavy atom. The van der Waals surface area contributed by atoms with E-state index >= 15 is 0 Å². The number of amides is 1. The van der Waals surface area contributed by atoms with Crippen LogP contribution in [-0.4, -0.2) is 17.4 Å². The number of hydrogen-bond acceptors (Lipinski definition) is 4. The van der Waals surface area contributed by atoms with Gasteiger partial charge in [-0.3, -0.25) is 4.79 Å². The third-order valence-electron chi connectivity index (χ3n) is 4.22. The summed E-state index contributed by atoms with van der Waals surface area (Å²) in [6.07, 6.45) is 1.63. The van der Waals surface area contributed by atoms with Gasteiger partial charge in [-0.05, 0) is 61.4 Å². The lowest BCUT2D eigenvalue weighted by Gasteiger charge is -2.09. The normalized spacial score (nSPS) is 11.9. The van der Waals surface area contributed by atoms with Gasteiger partial charge in [-0.15, -0.1) is 11.8 Å². The lowest BCUT2D eigenvalue weighted by molar-refractivity contribution is -0.120. The number of carbonyl (C=O) groups is 1. The van der Waals surface area contributed by atoms with Crippen LogP contribution in [0.3, 0.4) is 0 Å². The van der Waals surface area contributed by atoms with Crippen molar-refractivity contribution in [2.24, 2.45) is 5.10 Å². The molecular weight excluding hydrogens is 380 g/mol. The lowest BCUT2D eigenvalue weighted by Crippen LogP contribution is -2.26. The first-order chi connectivity index (χ1) is 14.1. The number of ether oxygens (including phenoxy) is 1. The maximum atomic E-state index is 12.2. The molecule has 0 unspecified atom stereocenters. The first kappa shape index (κ1) is 20.7. The molecule has 0 bridgehead atoms. The average Bonchev–Trinajstić information content (AvgIpc) is 2.75. The fourth-order valence-corrected chi connectivity index (χ4v) is 3.40. The fraction of sp³-hybridized carbons (Fsp3) is 0.167. The molecule has 1 atom stereocenters. The van der Waals surface area contributed by atoms with Crippen LogP contribution in [0.5, 0.6) is 5.75 Å². The highest BCUT2D eigenvalue weighted by atomic mass is 32.2. The van der Waals surface area contributed by atoms with E-state index in [2.05, 4.69) is 41.7 Å². The van der Waals surface area contributed by atoms with Crippen LogP contribution in [0.2, 0.25) is 0 Å². The van der Waals surface area contributed by atoms with E-state index in [9.17, 15) is 4.79 Å². The van der Waals surface area contributed by atoms with Crippen molar-refractivity contribution in [3.8, 4) is 5.75 Å². The summed E-state index contributed by atoms with van der Waals surface area (Å²) >= 11 is 1.50. The molecule has 3 aromatic carbocycles. The van der Waals surface area contributed by atoms with Crippen LogP contribution in [0.4, 0.5) is 0 Å². The van der Waals surface area contributed by atoms with E-state index in [-0.39, 0.29) is 11.2 Å². The van der Waals surface area contributed by atoms with E-state index in [1.54, 1.807) is 6.21 Å². The molecule has 0 saturated carbocycles. The van der Waals surface area contributed by atoms with Crippen LogP contribution in [0.1, 0.15) is 23.6 Å². The van der Waals surface area contributed by atoms with E-state index < -0.39 is 0 Å². The Balaban J connectivity index is 1.45. The van der Waals surface area contributed by atoms with Crippen molar-refractivity contribution >= 4 is 23.9 Å². The Morgan fingerprint density at radius 3 is 2.41 bits per heavy atom. The predicted octanol–water partition coefficient (Wildman–Crippen LogP) is 5.20. The number of aryl methyl sites for hydroxylation is 1. The van der Waals surface area contributed by atoms with Crippen molar-refractivity contribution in [2.75, 3.05) is 0 Å². The van der Waals surface area contributed by atoms with E-state index in [0.29, 0.717) is 6.61 Å². The first-order valence-electron chi connectivity index (χ1n) is 9.43. The molecule has 148 valence electrons. The number of nitrogens with one attached hydrogen (secondary N) is 1. The van der Waals surface area contributed by atoms with E-state index in [4.69, 9.17) is 4.74 Å². The number of hydrogen-bond donors (Lipinski definition) is 1. The zero-order valence-corrected chi connectivity index (χ0v) is 17.4. The molecule has 3 rings (SSSR count). The van der Waals surface area contributed by atoms with E-state index in [1.165, 1.54) is 17.3 Å². The van der Waals surface area contributed by atoms with Crippen LogP contribution >= 0.6 is 11.8 Å². The molecule has 0 fully saturated rings. The molecule has 5 heteroatoms. The monoisotopic (exact) mass is 404 g/mol. The van der Waals surface area contributed by atoms with Crippen LogP contribution in [0.15, 0.2) is 88.9 Å². The predicted molar refractivity (Wildman–Crippen MR) is 119 cm³/mol. The summed E-state index contributed by atoms with van der Waals surface area (Å²) in [5.41, 5.74) is 5.85. The van der Waals surface area contributed by atoms with Gasteiger partial charge < -0.3 is 4.74 Å². The topological polar surface area (TPSA) is 50.7 Å². The Hall–Kier alpha value is -3.05. The molecule has 0 aliphatic heterocycles. The molecule has 0 aliphatic carbocycles. The molecule has 1 amide bonds. The van der Waals surface area contributed by atoms with Gasteiger partial charge in [0.2, 0.25) is 0 Å². The molecule has 0 aromatic heterocycles. The molecule has 0 saturated heterocycles. The van der Waals surface area contributed by atoms with Crippen molar-refractivity contribution in [2.45, 2.75) is 30.6 Å². The standard InChI is InChI=1S/C24H24N2O2S/c1-18-8-10-21(11-9-18)17-28-22-14-12-20(13-15-22)16-25-26-24(27)19(2)29-23-6-4-3-5-7-23/h3-16,19H,17H2,1-2H3,(H,26,27)/b25-16-/t19-/m0/s1. The van der Waals surface area contributed by atoms with Gasteiger partial charge >= 0.3 is 0 Å². The summed E-state index contributed by atoms with van der Waals surface area (Å²) in [7, 11) is 0. The fourth-order valence-electron chi connectivity index (χ4n) is 2.52. The smallest absolute Gasteiger partial charge is 0.253 e. The number of thioether (sulfide) groups is 1. The highest BCUT2D eigenvalue weighted by molar-refractivity contribution is 8.00. The quantitative estimate of drug-likeness (QED) is 0.319. The SMILES string of the molecule is Cc1ccc(COc2ccc(/C=N\NC(=O)[C@H](C)Sc3ccccc3)cc2)cc1. The molecule has 29 heavy (non-hydrogen) atoms. The van der Waals surface area contributed by atoms with Gasteiger partial charge in [0.15, 0.2) is 0 Å². The number of nitrogens with zero attached hydrogens (tertiary/aromatic N) is 1. The Bertz CT molecular complexity index is 939. The third kappa shape index (κ3) is 6.80. The molecule has 0 heterocycles. The summed E-state index contributed by atoms with van der Waals surface area (Å²) in [5.74, 6) is 0.660. The Morgan fingerprint density at radius 2 is 1.72 bits per heavy atom. The highest BCUT2D eigenvalue weighted by Gasteiger charge is 2.13. The van der Waals surface area contributed by atoms with Crippen molar-refractivity contribution in [1.82, 2.24) is 5.43 Å². The van der Waals surface area contributed by atoms with E-state index in [1.807, 2.05) is 61.5 Å². The maximum Gasteiger partial charge on any atom is 0.253 e. The van der Waals surface area contributed by atoms with Crippen molar-refractivity contribution in [3.63, 3.8) is 0 Å². The Kier molecular flexibility index (Phi) is 7.47. The van der Waals surface area contributed by atoms with Gasteiger partial charge in [-0.1, -0.05) is 48.0 Å². The third-order valence-corrected chi connectivity index (χ3v) is 5.33. The molecule has 1 N–H and O–H groups in total. The average molecular weight is 405 g/mol. The van der Waals surface area contributed by atoms with Crippen molar-refractivity contribution in [1.29, 1.82) is 0 Å². The number of carbonyl (C=O) groups excluding carboxylic acids is 1. The second kappa shape index (κ2) is 10.5. The second-order valence-corrected chi connectivity index (χ2v) is 8.06. The van der Waals surface area contributed by atoms with Crippen molar-refractivity contribution in [3.05, 3.63) is 95.6 Å². The molecular formula is C24H24N2O2S. The van der Waals surface area contributed by atoms with Gasteiger partial charge in [-0.2, -0.15) is 5.10 Å². The van der Waals surface area contributed by atoms with Crippen LogP contribution in [-0.2, 0) is 11.4 Å². The largest absolute Gasteiger partial charge is 0.489 e. The summed E-state index contributed by atoms with van der Waals surface area (Å²) < 4.78 is 5.80. The molecule has 4 nitrogen and oxygen atoms in total. The van der Waals surface area contributed by atoms with Crippen LogP contribution < -0.4 is 10.2 Å². The first-order valence-corrected chi connectivity index (χ1v) is 10.3. The number of hydrazone groups is 1. The minimum absolute atomic E-state index is 0.131. The van der Waals surface area contributed by atoms with Crippen LogP contribution in [0, 0.1) is 6.92 Å². The molecule has 0 radical (unpaired) electrons. The molecule has 0 spiro atoms. The zero-order valence-electron chi connectivity index (χ0n) is 16.5. The minimum atomic E-state index is -0.230. The van der Waals surface area contributed by atoms with Gasteiger partial charge in [0, 0.05) is 4.90 Å². The minimum Gasteiger partial charge on any atom is -0.489 e. The van der Waals surface area contributed by atoms with Gasteiger partial charge in [-0.25, -0.2) is 5.43 Å². The number of benzene rings is 3. The molecule has 3 aromatic rings. The zero-order chi connectivity index (χ0) is 20.5. The van der Waals surface area contributed by atoms with Gasteiger partial charge in [0.05, 0.1) is 11.5 Å². The summed E-state index contributed by atoms with van der Waals surface area (Å²) in [6.45, 7) is 4.46. The van der Waals surface area contributed by atoms with Crippen molar-refractivity contribution < 1.29 is 9.53 Å². The highest BCUT2D eigenvalue weighted by Crippen LogP contribution is 2.22. The van der Waals surface area contributed by atoms with E-state index in [0.717, 1.165) is 21.8 Å². The maximum absolute atomic E-state index is 12.2. The van der Waals surface area contributed by atoms with Gasteiger partial charge in [0.25, 0.3) is 5.91 Å². The number of rotatable bonds is 8. The summed E-state index contributed by atoms with van der Waals surface area (Å²) in [5, 5.41) is 3.83. The summed E-state index contributed by atoms with van der Waals surface area (Å²) in [4.78, 5) is 13.2. The molecule has 0 aliphatic rings. The summed E-state index contributed by atoms with van der Waals surface area (Å²) in [6, 6.07) is 25.7. The van der Waals surface area contributed by atoms with Gasteiger partial charge in [0.1, 0.15) is 12.4 Å². The van der Waals surface area contributed by atoms with Crippen LogP contribution in [0.25, 0.3) is 0 Å². The second-order valence-electron chi connectivity index (χ2n) is 6.65.